The van der Waals surface area contributed by atoms with Crippen molar-refractivity contribution in [2.24, 2.45) is 5.92 Å². The van der Waals surface area contributed by atoms with Gasteiger partial charge in [-0.2, -0.15) is 0 Å². The summed E-state index contributed by atoms with van der Waals surface area (Å²) >= 11 is 0. The number of fused-ring (bicyclic) bond motifs is 2. The Bertz CT molecular complexity index is 1260. The highest BCUT2D eigenvalue weighted by molar-refractivity contribution is 5.92. The van der Waals surface area contributed by atoms with Crippen molar-refractivity contribution in [3.63, 3.8) is 0 Å². The minimum absolute atomic E-state index is 0.0138. The molecule has 1 amide bonds. The molecule has 2 saturated heterocycles. The molecule has 1 aliphatic carbocycles. The molecule has 1 aromatic carbocycles. The van der Waals surface area contributed by atoms with Crippen LogP contribution in [0.1, 0.15) is 35.6 Å². The number of H-pyrrole nitrogens is 1. The molecule has 2 N–H and O–H groups in total. The van der Waals surface area contributed by atoms with Crippen molar-refractivity contribution < 1.29 is 4.79 Å². The SMILES string of the molecule is CNC(=O)c1ccc(N2CCC(N3CC4CC4(c4nc5ccccc5c(=O)[nH]4)C3)CC2)cn1. The number of hydrogen-bond acceptors (Lipinski definition) is 6. The van der Waals surface area contributed by atoms with Gasteiger partial charge in [-0.25, -0.2) is 9.97 Å². The maximum absolute atomic E-state index is 12.6. The third-order valence-electron chi connectivity index (χ3n) is 7.81. The Labute approximate surface area is 192 Å². The van der Waals surface area contributed by atoms with Crippen molar-refractivity contribution >= 4 is 22.5 Å². The van der Waals surface area contributed by atoms with Gasteiger partial charge in [-0.15, -0.1) is 0 Å². The van der Waals surface area contributed by atoms with Crippen LogP contribution in [0.4, 0.5) is 5.69 Å². The first kappa shape index (κ1) is 20.4. The third-order valence-corrected chi connectivity index (χ3v) is 7.81. The number of hydrogen-bond donors (Lipinski definition) is 2. The second-order valence-corrected chi connectivity index (χ2v) is 9.62. The van der Waals surface area contributed by atoms with Gasteiger partial charge < -0.3 is 15.2 Å². The van der Waals surface area contributed by atoms with Crippen LogP contribution < -0.4 is 15.8 Å². The number of nitrogens with one attached hydrogen (secondary N) is 2. The molecule has 2 atom stereocenters. The maximum Gasteiger partial charge on any atom is 0.269 e. The Morgan fingerprint density at radius 1 is 1.18 bits per heavy atom. The predicted molar refractivity (Wildman–Crippen MR) is 127 cm³/mol. The van der Waals surface area contributed by atoms with Crippen LogP contribution in [0.25, 0.3) is 10.9 Å². The number of nitrogens with zero attached hydrogens (tertiary/aromatic N) is 4. The summed E-state index contributed by atoms with van der Waals surface area (Å²) in [5.41, 5.74) is 2.29. The van der Waals surface area contributed by atoms with Crippen molar-refractivity contribution in [2.45, 2.75) is 30.7 Å². The van der Waals surface area contributed by atoms with E-state index in [0.717, 1.165) is 62.5 Å². The standard InChI is InChI=1S/C25H28N6O2/c1-26-23(33)21-7-6-18(13-27-21)30-10-8-17(9-11-30)31-14-16-12-25(16,15-31)24-28-20-5-3-2-4-19(20)22(32)29-24/h2-7,13,16-17H,8-12,14-15H2,1H3,(H,26,33)(H,28,29,32). The molecule has 33 heavy (non-hydrogen) atoms. The molecule has 1 saturated carbocycles. The third kappa shape index (κ3) is 3.40. The van der Waals surface area contributed by atoms with Crippen molar-refractivity contribution in [2.75, 3.05) is 38.1 Å². The smallest absolute Gasteiger partial charge is 0.269 e. The summed E-state index contributed by atoms with van der Waals surface area (Å²) in [5.74, 6) is 1.30. The number of aromatic amines is 1. The largest absolute Gasteiger partial charge is 0.370 e. The number of amides is 1. The molecular weight excluding hydrogens is 416 g/mol. The summed E-state index contributed by atoms with van der Waals surface area (Å²) < 4.78 is 0. The van der Waals surface area contributed by atoms with Gasteiger partial charge in [0.2, 0.25) is 0 Å². The van der Waals surface area contributed by atoms with E-state index in [9.17, 15) is 9.59 Å². The predicted octanol–water partition coefficient (Wildman–Crippen LogP) is 1.92. The van der Waals surface area contributed by atoms with Crippen LogP contribution in [0.2, 0.25) is 0 Å². The van der Waals surface area contributed by atoms with E-state index in [1.165, 1.54) is 0 Å². The molecular formula is C25H28N6O2. The Morgan fingerprint density at radius 3 is 2.76 bits per heavy atom. The molecule has 2 aromatic heterocycles. The van der Waals surface area contributed by atoms with E-state index in [2.05, 4.69) is 25.1 Å². The number of para-hydroxylation sites is 1. The molecule has 3 aliphatic rings. The molecule has 0 bridgehead atoms. The first-order chi connectivity index (χ1) is 16.1. The summed E-state index contributed by atoms with van der Waals surface area (Å²) in [7, 11) is 1.61. The van der Waals surface area contributed by atoms with Gasteiger partial charge in [0.05, 0.1) is 22.8 Å². The highest BCUT2D eigenvalue weighted by atomic mass is 16.1. The summed E-state index contributed by atoms with van der Waals surface area (Å²) in [4.78, 5) is 41.6. The highest BCUT2D eigenvalue weighted by Crippen LogP contribution is 2.58. The lowest BCUT2D eigenvalue weighted by atomic mass is 10.0. The van der Waals surface area contributed by atoms with Gasteiger partial charge in [-0.05, 0) is 49.4 Å². The van der Waals surface area contributed by atoms with Crippen LogP contribution in [0.3, 0.4) is 0 Å². The second kappa shape index (κ2) is 7.66. The molecule has 3 fully saturated rings. The van der Waals surface area contributed by atoms with Gasteiger partial charge in [-0.3, -0.25) is 14.5 Å². The molecule has 8 nitrogen and oxygen atoms in total. The zero-order chi connectivity index (χ0) is 22.6. The van der Waals surface area contributed by atoms with Crippen molar-refractivity contribution in [1.82, 2.24) is 25.2 Å². The first-order valence-corrected chi connectivity index (χ1v) is 11.7. The van der Waals surface area contributed by atoms with Crippen LogP contribution in [-0.2, 0) is 5.41 Å². The number of carbonyl (C=O) groups is 1. The highest BCUT2D eigenvalue weighted by Gasteiger charge is 2.63. The summed E-state index contributed by atoms with van der Waals surface area (Å²) in [6.45, 7) is 4.02. The lowest BCUT2D eigenvalue weighted by Gasteiger charge is -2.38. The number of anilines is 1. The van der Waals surface area contributed by atoms with Gasteiger partial charge >= 0.3 is 0 Å². The first-order valence-electron chi connectivity index (χ1n) is 11.7. The van der Waals surface area contributed by atoms with Crippen LogP contribution in [0.15, 0.2) is 47.4 Å². The van der Waals surface area contributed by atoms with Gasteiger partial charge in [0.15, 0.2) is 0 Å². The van der Waals surface area contributed by atoms with Crippen LogP contribution >= 0.6 is 0 Å². The van der Waals surface area contributed by atoms with Gasteiger partial charge in [0.25, 0.3) is 11.5 Å². The molecule has 2 unspecified atom stereocenters. The average Bonchev–Trinajstić information content (AvgIpc) is 3.44. The van der Waals surface area contributed by atoms with Gasteiger partial charge in [-0.1, -0.05) is 12.1 Å². The van der Waals surface area contributed by atoms with Gasteiger partial charge in [0, 0.05) is 44.7 Å². The summed E-state index contributed by atoms with van der Waals surface area (Å²) in [6.07, 6.45) is 5.11. The zero-order valence-corrected chi connectivity index (χ0v) is 18.8. The normalized spacial score (nSPS) is 25.2. The molecule has 2 aliphatic heterocycles. The Hall–Kier alpha value is -3.26. The van der Waals surface area contributed by atoms with Crippen molar-refractivity contribution in [3.8, 4) is 0 Å². The number of carbonyl (C=O) groups excluding carboxylic acids is 1. The van der Waals surface area contributed by atoms with E-state index in [-0.39, 0.29) is 16.9 Å². The van der Waals surface area contributed by atoms with Gasteiger partial charge in [0.1, 0.15) is 11.5 Å². The number of likely N-dealkylation sites (tertiary alicyclic amines) is 1. The van der Waals surface area contributed by atoms with Crippen molar-refractivity contribution in [3.05, 3.63) is 64.5 Å². The molecule has 170 valence electrons. The summed E-state index contributed by atoms with van der Waals surface area (Å²) in [6, 6.07) is 11.9. The minimum atomic E-state index is -0.163. The maximum atomic E-state index is 12.6. The molecule has 3 aromatic rings. The van der Waals surface area contributed by atoms with E-state index in [1.807, 2.05) is 30.3 Å². The van der Waals surface area contributed by atoms with E-state index in [4.69, 9.17) is 4.98 Å². The number of aromatic nitrogens is 3. The lowest BCUT2D eigenvalue weighted by molar-refractivity contribution is 0.0958. The molecule has 6 rings (SSSR count). The molecule has 0 spiro atoms. The molecule has 4 heterocycles. The number of rotatable bonds is 4. The number of pyridine rings is 1. The number of benzene rings is 1. The van der Waals surface area contributed by atoms with Crippen LogP contribution in [0, 0.1) is 5.92 Å². The molecule has 8 heteroatoms. The fourth-order valence-electron chi connectivity index (χ4n) is 5.81. The molecule has 0 radical (unpaired) electrons. The van der Waals surface area contributed by atoms with Crippen LogP contribution in [-0.4, -0.2) is 65.0 Å². The fraction of sp³-hybridized carbons (Fsp3) is 0.440. The van der Waals surface area contributed by atoms with E-state index >= 15 is 0 Å². The van der Waals surface area contributed by atoms with E-state index in [0.29, 0.717) is 23.0 Å². The van der Waals surface area contributed by atoms with Crippen LogP contribution in [0.5, 0.6) is 0 Å². The quantitative estimate of drug-likeness (QED) is 0.639. The van der Waals surface area contributed by atoms with E-state index in [1.54, 1.807) is 19.3 Å². The Balaban J connectivity index is 1.12. The fourth-order valence-corrected chi connectivity index (χ4v) is 5.81. The van der Waals surface area contributed by atoms with E-state index < -0.39 is 0 Å². The topological polar surface area (TPSA) is 94.2 Å². The Morgan fingerprint density at radius 2 is 2.00 bits per heavy atom. The average molecular weight is 445 g/mol. The monoisotopic (exact) mass is 444 g/mol. The van der Waals surface area contributed by atoms with Crippen molar-refractivity contribution in [1.29, 1.82) is 0 Å². The minimum Gasteiger partial charge on any atom is -0.370 e. The lowest BCUT2D eigenvalue weighted by Crippen LogP contribution is -2.45. The summed E-state index contributed by atoms with van der Waals surface area (Å²) in [5, 5.41) is 3.27. The zero-order valence-electron chi connectivity index (χ0n) is 18.8. The second-order valence-electron chi connectivity index (χ2n) is 9.62. The number of piperidine rings is 2. The Kier molecular flexibility index (Phi) is 4.72.